The summed E-state index contributed by atoms with van der Waals surface area (Å²) in [5, 5.41) is 8.89. The van der Waals surface area contributed by atoms with Crippen molar-refractivity contribution < 1.29 is 13.9 Å². The number of rotatable bonds is 4. The SMILES string of the molecule is COc1ncccc1COc1cccc(F)c1C#N. The predicted octanol–water partition coefficient (Wildman–Crippen LogP) is 2.68. The molecule has 2 rings (SSSR count). The van der Waals surface area contributed by atoms with Crippen LogP contribution in [0, 0.1) is 17.1 Å². The number of nitrogens with zero attached hydrogens (tertiary/aromatic N) is 2. The number of pyridine rings is 1. The lowest BCUT2D eigenvalue weighted by atomic mass is 10.2. The van der Waals surface area contributed by atoms with Gasteiger partial charge in [0.2, 0.25) is 5.88 Å². The maximum absolute atomic E-state index is 13.4. The summed E-state index contributed by atoms with van der Waals surface area (Å²) in [6.07, 6.45) is 1.60. The van der Waals surface area contributed by atoms with E-state index in [0.29, 0.717) is 5.88 Å². The maximum Gasteiger partial charge on any atom is 0.219 e. The molecule has 5 heteroatoms. The molecule has 1 aromatic heterocycles. The Balaban J connectivity index is 2.20. The van der Waals surface area contributed by atoms with E-state index in [2.05, 4.69) is 4.98 Å². The van der Waals surface area contributed by atoms with E-state index in [1.807, 2.05) is 0 Å². The number of hydrogen-bond donors (Lipinski definition) is 0. The summed E-state index contributed by atoms with van der Waals surface area (Å²) in [5.74, 6) is 0.0453. The Bertz CT molecular complexity index is 623. The van der Waals surface area contributed by atoms with Gasteiger partial charge in [-0.1, -0.05) is 6.07 Å². The van der Waals surface area contributed by atoms with E-state index >= 15 is 0 Å². The number of hydrogen-bond acceptors (Lipinski definition) is 4. The van der Waals surface area contributed by atoms with Gasteiger partial charge >= 0.3 is 0 Å². The number of ether oxygens (including phenoxy) is 2. The second-order valence-electron chi connectivity index (χ2n) is 3.69. The first-order valence-corrected chi connectivity index (χ1v) is 5.55. The van der Waals surface area contributed by atoms with E-state index in [1.165, 1.54) is 19.2 Å². The Morgan fingerprint density at radius 3 is 2.89 bits per heavy atom. The monoisotopic (exact) mass is 258 g/mol. The Morgan fingerprint density at radius 2 is 2.16 bits per heavy atom. The van der Waals surface area contributed by atoms with E-state index < -0.39 is 5.82 Å². The molecule has 0 aliphatic rings. The molecule has 0 unspecified atom stereocenters. The standard InChI is InChI=1S/C14H11FN2O2/c1-18-14-10(4-3-7-17-14)9-19-13-6-2-5-12(15)11(13)8-16/h2-7H,9H2,1H3. The van der Waals surface area contributed by atoms with E-state index in [1.54, 1.807) is 30.5 Å². The highest BCUT2D eigenvalue weighted by Crippen LogP contribution is 2.23. The van der Waals surface area contributed by atoms with Crippen LogP contribution in [0.15, 0.2) is 36.5 Å². The molecular formula is C14H11FN2O2. The normalized spacial score (nSPS) is 9.74. The molecule has 0 atom stereocenters. The number of methoxy groups -OCH3 is 1. The summed E-state index contributed by atoms with van der Waals surface area (Å²) in [5.41, 5.74) is 0.614. The fraction of sp³-hybridized carbons (Fsp3) is 0.143. The van der Waals surface area contributed by atoms with Crippen LogP contribution < -0.4 is 9.47 Å². The average Bonchev–Trinajstić information content (AvgIpc) is 2.45. The van der Waals surface area contributed by atoms with Crippen molar-refractivity contribution >= 4 is 0 Å². The molecule has 0 N–H and O–H groups in total. The van der Waals surface area contributed by atoms with Gasteiger partial charge in [0.1, 0.15) is 29.8 Å². The van der Waals surface area contributed by atoms with Gasteiger partial charge in [0.25, 0.3) is 0 Å². The van der Waals surface area contributed by atoms with Crippen LogP contribution in [0.3, 0.4) is 0 Å². The van der Waals surface area contributed by atoms with Gasteiger partial charge < -0.3 is 9.47 Å². The van der Waals surface area contributed by atoms with Crippen LogP contribution >= 0.6 is 0 Å². The minimum absolute atomic E-state index is 0.106. The summed E-state index contributed by atoms with van der Waals surface area (Å²) in [4.78, 5) is 4.03. The first kappa shape index (κ1) is 12.8. The first-order valence-electron chi connectivity index (χ1n) is 5.55. The molecule has 0 saturated carbocycles. The van der Waals surface area contributed by atoms with Crippen LogP contribution in [-0.2, 0) is 6.61 Å². The summed E-state index contributed by atoms with van der Waals surface area (Å²) < 4.78 is 23.9. The largest absolute Gasteiger partial charge is 0.487 e. The molecule has 0 bridgehead atoms. The van der Waals surface area contributed by atoms with E-state index in [0.717, 1.165) is 5.56 Å². The Labute approximate surface area is 110 Å². The predicted molar refractivity (Wildman–Crippen MR) is 66.2 cm³/mol. The lowest BCUT2D eigenvalue weighted by Crippen LogP contribution is -2.01. The molecule has 1 heterocycles. The van der Waals surface area contributed by atoms with Crippen LogP contribution in [0.4, 0.5) is 4.39 Å². The highest BCUT2D eigenvalue weighted by atomic mass is 19.1. The van der Waals surface area contributed by atoms with Crippen LogP contribution in [-0.4, -0.2) is 12.1 Å². The van der Waals surface area contributed by atoms with Gasteiger partial charge in [0, 0.05) is 6.20 Å². The number of benzene rings is 1. The molecule has 0 spiro atoms. The van der Waals surface area contributed by atoms with Gasteiger partial charge in [0.05, 0.1) is 12.7 Å². The maximum atomic E-state index is 13.4. The first-order chi connectivity index (χ1) is 9.26. The van der Waals surface area contributed by atoms with Gasteiger partial charge in [-0.15, -0.1) is 0 Å². The zero-order valence-corrected chi connectivity index (χ0v) is 10.3. The smallest absolute Gasteiger partial charge is 0.219 e. The minimum Gasteiger partial charge on any atom is -0.487 e. The summed E-state index contributed by atoms with van der Waals surface area (Å²) in [7, 11) is 1.51. The van der Waals surface area contributed by atoms with Crippen molar-refractivity contribution in [2.24, 2.45) is 0 Å². The zero-order chi connectivity index (χ0) is 13.7. The third-order valence-electron chi connectivity index (χ3n) is 2.51. The van der Waals surface area contributed by atoms with Crippen molar-refractivity contribution in [3.63, 3.8) is 0 Å². The second-order valence-corrected chi connectivity index (χ2v) is 3.69. The molecule has 2 aromatic rings. The molecule has 0 aliphatic carbocycles. The Hall–Kier alpha value is -2.61. The number of halogens is 1. The van der Waals surface area contributed by atoms with E-state index in [4.69, 9.17) is 14.7 Å². The van der Waals surface area contributed by atoms with Crippen LogP contribution in [0.1, 0.15) is 11.1 Å². The van der Waals surface area contributed by atoms with Crippen LogP contribution in [0.2, 0.25) is 0 Å². The molecule has 1 aromatic carbocycles. The number of nitriles is 1. The highest BCUT2D eigenvalue weighted by Gasteiger charge is 2.10. The molecule has 0 amide bonds. The average molecular weight is 258 g/mol. The van der Waals surface area contributed by atoms with Crippen molar-refractivity contribution in [1.29, 1.82) is 5.26 Å². The molecule has 0 radical (unpaired) electrons. The lowest BCUT2D eigenvalue weighted by molar-refractivity contribution is 0.291. The van der Waals surface area contributed by atoms with Crippen molar-refractivity contribution in [3.05, 3.63) is 53.5 Å². The third kappa shape index (κ3) is 2.80. The highest BCUT2D eigenvalue weighted by molar-refractivity contribution is 5.44. The van der Waals surface area contributed by atoms with Crippen molar-refractivity contribution in [2.45, 2.75) is 6.61 Å². The fourth-order valence-corrected chi connectivity index (χ4v) is 1.61. The van der Waals surface area contributed by atoms with E-state index in [-0.39, 0.29) is 17.9 Å². The molecule has 96 valence electrons. The molecule has 4 nitrogen and oxygen atoms in total. The van der Waals surface area contributed by atoms with Gasteiger partial charge in [0.15, 0.2) is 0 Å². The molecular weight excluding hydrogens is 247 g/mol. The van der Waals surface area contributed by atoms with E-state index in [9.17, 15) is 4.39 Å². The molecule has 19 heavy (non-hydrogen) atoms. The van der Waals surface area contributed by atoms with Crippen LogP contribution in [0.25, 0.3) is 0 Å². The fourth-order valence-electron chi connectivity index (χ4n) is 1.61. The van der Waals surface area contributed by atoms with Crippen LogP contribution in [0.5, 0.6) is 11.6 Å². The summed E-state index contributed by atoms with van der Waals surface area (Å²) in [6, 6.07) is 9.58. The van der Waals surface area contributed by atoms with Gasteiger partial charge in [-0.2, -0.15) is 5.26 Å². The third-order valence-corrected chi connectivity index (χ3v) is 2.51. The molecule has 0 saturated heterocycles. The Kier molecular flexibility index (Phi) is 3.94. The lowest BCUT2D eigenvalue weighted by Gasteiger charge is -2.10. The minimum atomic E-state index is -0.599. The zero-order valence-electron chi connectivity index (χ0n) is 10.3. The quantitative estimate of drug-likeness (QED) is 0.846. The number of aromatic nitrogens is 1. The van der Waals surface area contributed by atoms with Gasteiger partial charge in [-0.25, -0.2) is 9.37 Å². The summed E-state index contributed by atoms with van der Waals surface area (Å²) >= 11 is 0. The molecule has 0 aliphatic heterocycles. The van der Waals surface area contributed by atoms with Gasteiger partial charge in [-0.3, -0.25) is 0 Å². The van der Waals surface area contributed by atoms with Crippen molar-refractivity contribution in [3.8, 4) is 17.7 Å². The topological polar surface area (TPSA) is 55.1 Å². The Morgan fingerprint density at radius 1 is 1.32 bits per heavy atom. The van der Waals surface area contributed by atoms with Gasteiger partial charge in [-0.05, 0) is 24.3 Å². The van der Waals surface area contributed by atoms with Crippen molar-refractivity contribution in [2.75, 3.05) is 7.11 Å². The molecule has 0 fully saturated rings. The van der Waals surface area contributed by atoms with Crippen molar-refractivity contribution in [1.82, 2.24) is 4.98 Å². The summed E-state index contributed by atoms with van der Waals surface area (Å²) in [6.45, 7) is 0.148. The second kappa shape index (κ2) is 5.83.